The first-order valence-electron chi connectivity index (χ1n) is 11.1. The first-order chi connectivity index (χ1) is 15.5. The van der Waals surface area contributed by atoms with Crippen LogP contribution >= 0.6 is 11.3 Å². The Morgan fingerprint density at radius 2 is 1.94 bits per heavy atom. The monoisotopic (exact) mass is 491 g/mol. The first kappa shape index (κ1) is 23.9. The Labute approximate surface area is 198 Å². The molecule has 1 aromatic carbocycles. The summed E-state index contributed by atoms with van der Waals surface area (Å²) in [4.78, 5) is 17.2. The van der Waals surface area contributed by atoms with Gasteiger partial charge < -0.3 is 14.0 Å². The molecular weight excluding hydrogens is 460 g/mol. The fourth-order valence-electron chi connectivity index (χ4n) is 4.32. The molecule has 1 aliphatic heterocycles. The SMILES string of the molecule is COC(=O)c1cc(C)c(S(=O)(=O)c2ccc3c(c2)nc(C(C)(C)C)n3CC2CC[OH+]CC2)s1. The van der Waals surface area contributed by atoms with Gasteiger partial charge in [-0.15, -0.1) is 11.3 Å². The van der Waals surface area contributed by atoms with Gasteiger partial charge in [-0.2, -0.15) is 0 Å². The Bertz CT molecular complexity index is 1290. The van der Waals surface area contributed by atoms with Crippen LogP contribution in [0.4, 0.5) is 0 Å². The van der Waals surface area contributed by atoms with E-state index in [9.17, 15) is 13.2 Å². The van der Waals surface area contributed by atoms with Crippen molar-refractivity contribution in [2.45, 2.75) is 61.6 Å². The van der Waals surface area contributed by atoms with Crippen LogP contribution < -0.4 is 0 Å². The number of aryl methyl sites for hydroxylation is 1. The van der Waals surface area contributed by atoms with E-state index in [0.29, 0.717) is 17.0 Å². The van der Waals surface area contributed by atoms with Crippen LogP contribution in [0.15, 0.2) is 33.4 Å². The van der Waals surface area contributed by atoms with Crippen LogP contribution in [0.5, 0.6) is 0 Å². The lowest BCUT2D eigenvalue weighted by atomic mass is 9.94. The number of rotatable bonds is 5. The highest BCUT2D eigenvalue weighted by molar-refractivity contribution is 7.93. The molecule has 3 aromatic rings. The van der Waals surface area contributed by atoms with E-state index >= 15 is 0 Å². The van der Waals surface area contributed by atoms with Crippen LogP contribution in [0, 0.1) is 12.8 Å². The highest BCUT2D eigenvalue weighted by Crippen LogP contribution is 2.35. The van der Waals surface area contributed by atoms with Gasteiger partial charge in [-0.1, -0.05) is 20.8 Å². The van der Waals surface area contributed by atoms with Crippen LogP contribution in [-0.4, -0.2) is 49.0 Å². The van der Waals surface area contributed by atoms with E-state index in [1.807, 2.05) is 6.07 Å². The highest BCUT2D eigenvalue weighted by atomic mass is 32.2. The van der Waals surface area contributed by atoms with Crippen LogP contribution in [0.1, 0.15) is 54.7 Å². The van der Waals surface area contributed by atoms with Crippen molar-refractivity contribution in [3.05, 3.63) is 40.5 Å². The van der Waals surface area contributed by atoms with Gasteiger partial charge in [0.2, 0.25) is 9.84 Å². The zero-order chi connectivity index (χ0) is 24.0. The number of aromatic nitrogens is 2. The number of aliphatic hydroxyl groups is 2. The number of thiophene rings is 1. The fourth-order valence-corrected chi connectivity index (χ4v) is 7.35. The van der Waals surface area contributed by atoms with Crippen molar-refractivity contribution in [2.75, 3.05) is 20.3 Å². The lowest BCUT2D eigenvalue weighted by molar-refractivity contribution is -0.0810. The number of hydrogen-bond acceptors (Lipinski definition) is 6. The number of esters is 1. The minimum atomic E-state index is -3.80. The predicted molar refractivity (Wildman–Crippen MR) is 129 cm³/mol. The molecule has 3 heterocycles. The molecule has 0 saturated carbocycles. The Morgan fingerprint density at radius 3 is 2.58 bits per heavy atom. The number of imidazole rings is 1. The Kier molecular flexibility index (Phi) is 6.41. The molecule has 4 rings (SSSR count). The molecule has 0 amide bonds. The second-order valence-electron chi connectivity index (χ2n) is 9.64. The van der Waals surface area contributed by atoms with Crippen molar-refractivity contribution in [1.29, 1.82) is 0 Å². The molecule has 0 spiro atoms. The van der Waals surface area contributed by atoms with Gasteiger partial charge in [0.15, 0.2) is 0 Å². The summed E-state index contributed by atoms with van der Waals surface area (Å²) in [5.41, 5.74) is 1.96. The summed E-state index contributed by atoms with van der Waals surface area (Å²) in [7, 11) is -2.52. The van der Waals surface area contributed by atoms with E-state index < -0.39 is 15.8 Å². The number of benzene rings is 1. The van der Waals surface area contributed by atoms with Gasteiger partial charge in [0.1, 0.15) is 28.1 Å². The van der Waals surface area contributed by atoms with E-state index in [1.54, 1.807) is 25.1 Å². The lowest BCUT2D eigenvalue weighted by Crippen LogP contribution is -2.26. The van der Waals surface area contributed by atoms with Crippen LogP contribution in [-0.2, 0) is 26.5 Å². The number of ether oxygens (including phenoxy) is 2. The highest BCUT2D eigenvalue weighted by Gasteiger charge is 2.29. The van der Waals surface area contributed by atoms with Gasteiger partial charge in [-0.05, 0) is 42.7 Å². The third-order valence-electron chi connectivity index (χ3n) is 6.04. The maximum absolute atomic E-state index is 13.4. The summed E-state index contributed by atoms with van der Waals surface area (Å²) >= 11 is 0.938. The molecular formula is C24H31N2O5S2+. The van der Waals surface area contributed by atoms with Crippen molar-refractivity contribution in [2.24, 2.45) is 5.92 Å². The van der Waals surface area contributed by atoms with E-state index in [1.165, 1.54) is 7.11 Å². The fraction of sp³-hybridized carbons (Fsp3) is 0.500. The van der Waals surface area contributed by atoms with E-state index in [2.05, 4.69) is 30.1 Å². The summed E-state index contributed by atoms with van der Waals surface area (Å²) in [5.74, 6) is 0.953. The van der Waals surface area contributed by atoms with Gasteiger partial charge in [-0.3, -0.25) is 0 Å². The number of fused-ring (bicyclic) bond motifs is 1. The van der Waals surface area contributed by atoms with Gasteiger partial charge in [0.25, 0.3) is 0 Å². The maximum Gasteiger partial charge on any atom is 0.348 e. The Balaban J connectivity index is 1.78. The summed E-state index contributed by atoms with van der Waals surface area (Å²) in [6.45, 7) is 10.7. The number of carbonyl (C=O) groups excluding carboxylic acids is 1. The molecule has 2 aromatic heterocycles. The standard InChI is InChI=1S/C24H30N2O5S2/c1-15-12-20(21(27)30-5)32-22(15)33(28,29)17-6-7-19-18(13-17)25-23(24(2,3)4)26(19)14-16-8-10-31-11-9-16/h6-7,12-13,16H,8-11,14H2,1-5H3/p+1. The van der Waals surface area contributed by atoms with E-state index in [0.717, 1.165) is 55.3 Å². The van der Waals surface area contributed by atoms with Gasteiger partial charge in [0.05, 0.1) is 23.0 Å². The van der Waals surface area contributed by atoms with Crippen molar-refractivity contribution in [1.82, 2.24) is 9.55 Å². The second kappa shape index (κ2) is 8.85. The molecule has 0 aliphatic carbocycles. The van der Waals surface area contributed by atoms with Crippen molar-refractivity contribution >= 4 is 38.2 Å². The average Bonchev–Trinajstić information content (AvgIpc) is 3.35. The predicted octanol–water partition coefficient (Wildman–Crippen LogP) is 4.26. The summed E-state index contributed by atoms with van der Waals surface area (Å²) in [6.07, 6.45) is 2.13. The summed E-state index contributed by atoms with van der Waals surface area (Å²) < 4.78 is 38.5. The molecule has 178 valence electrons. The molecule has 9 heteroatoms. The molecule has 1 aliphatic rings. The molecule has 0 atom stereocenters. The molecule has 7 nitrogen and oxygen atoms in total. The molecule has 0 bridgehead atoms. The topological polar surface area (TPSA) is 91.1 Å². The van der Waals surface area contributed by atoms with E-state index in [4.69, 9.17) is 9.72 Å². The first-order valence-corrected chi connectivity index (χ1v) is 13.4. The molecule has 1 fully saturated rings. The third kappa shape index (κ3) is 4.58. The average molecular weight is 492 g/mol. The minimum Gasteiger partial charge on any atom is -0.465 e. The summed E-state index contributed by atoms with van der Waals surface area (Å²) in [5, 5.41) is 0. The Hall–Kier alpha value is -2.23. The van der Waals surface area contributed by atoms with Gasteiger partial charge in [0, 0.05) is 24.8 Å². The smallest absolute Gasteiger partial charge is 0.348 e. The molecule has 1 saturated heterocycles. The Morgan fingerprint density at radius 1 is 1.24 bits per heavy atom. The van der Waals surface area contributed by atoms with Gasteiger partial charge in [-0.25, -0.2) is 18.2 Å². The minimum absolute atomic E-state index is 0.156. The molecule has 1 N–H and O–H groups in total. The van der Waals surface area contributed by atoms with Crippen molar-refractivity contribution in [3.8, 4) is 0 Å². The quantitative estimate of drug-likeness (QED) is 0.393. The number of carbonyl (C=O) groups is 1. The number of hydrogen-bond donors (Lipinski definition) is 0. The van der Waals surface area contributed by atoms with E-state index in [-0.39, 0.29) is 19.4 Å². The molecule has 0 unspecified atom stereocenters. The van der Waals surface area contributed by atoms with Crippen LogP contribution in [0.3, 0.4) is 0 Å². The number of nitrogens with zero attached hydrogens (tertiary/aromatic N) is 2. The van der Waals surface area contributed by atoms with Crippen molar-refractivity contribution < 1.29 is 22.7 Å². The second-order valence-corrected chi connectivity index (χ2v) is 12.8. The lowest BCUT2D eigenvalue weighted by Gasteiger charge is -2.25. The normalized spacial score (nSPS) is 15.8. The summed E-state index contributed by atoms with van der Waals surface area (Å²) in [6, 6.07) is 6.73. The third-order valence-corrected chi connectivity index (χ3v) is 9.64. The number of sulfone groups is 1. The maximum atomic E-state index is 13.4. The molecule has 33 heavy (non-hydrogen) atoms. The van der Waals surface area contributed by atoms with Crippen molar-refractivity contribution in [3.63, 3.8) is 0 Å². The zero-order valence-corrected chi connectivity index (χ0v) is 21.3. The number of methoxy groups -OCH3 is 1. The van der Waals surface area contributed by atoms with Gasteiger partial charge >= 0.3 is 5.97 Å². The van der Waals surface area contributed by atoms with Crippen LogP contribution in [0.25, 0.3) is 11.0 Å². The largest absolute Gasteiger partial charge is 0.465 e. The molecule has 0 radical (unpaired) electrons. The zero-order valence-electron chi connectivity index (χ0n) is 19.7. The van der Waals surface area contributed by atoms with Crippen LogP contribution in [0.2, 0.25) is 0 Å².